The molecule has 0 unspecified atom stereocenters. The van der Waals surface area contributed by atoms with Gasteiger partial charge in [-0.25, -0.2) is 8.42 Å². The van der Waals surface area contributed by atoms with Gasteiger partial charge in [-0.2, -0.15) is 0 Å². The molecule has 0 heterocycles. The van der Waals surface area contributed by atoms with Gasteiger partial charge in [-0.15, -0.1) is 0 Å². The van der Waals surface area contributed by atoms with E-state index in [4.69, 9.17) is 9.47 Å². The molecule has 0 bridgehead atoms. The largest absolute Gasteiger partial charge is 0.497 e. The third kappa shape index (κ3) is 3.20. The lowest BCUT2D eigenvalue weighted by molar-refractivity contribution is 0.404. The molecule has 22 heavy (non-hydrogen) atoms. The van der Waals surface area contributed by atoms with E-state index < -0.39 is 10.0 Å². The fraction of sp³-hybridized carbons (Fsp3) is 0.200. The topological polar surface area (TPSA) is 55.8 Å². The van der Waals surface area contributed by atoms with Gasteiger partial charge < -0.3 is 9.47 Å². The Morgan fingerprint density at radius 2 is 1.64 bits per heavy atom. The van der Waals surface area contributed by atoms with Gasteiger partial charge in [-0.3, -0.25) is 4.31 Å². The first-order valence-corrected chi connectivity index (χ1v) is 8.60. The highest BCUT2D eigenvalue weighted by Crippen LogP contribution is 2.34. The standard InChI is InChI=1S/C15H16BrNO4S/c1-17(14-10-12(20-2)6-9-15(14)21-3)22(18,19)13-7-4-11(16)5-8-13/h4-10H,1-3H3. The molecule has 0 aliphatic heterocycles. The number of halogens is 1. The molecule has 0 N–H and O–H groups in total. The van der Waals surface area contributed by atoms with Crippen LogP contribution in [0.4, 0.5) is 5.69 Å². The summed E-state index contributed by atoms with van der Waals surface area (Å²) in [5.41, 5.74) is 0.407. The Kier molecular flexibility index (Phi) is 4.97. The van der Waals surface area contributed by atoms with E-state index in [-0.39, 0.29) is 4.90 Å². The first-order valence-electron chi connectivity index (χ1n) is 6.36. The van der Waals surface area contributed by atoms with Crippen molar-refractivity contribution >= 4 is 31.6 Å². The molecule has 0 amide bonds. The van der Waals surface area contributed by atoms with Crippen molar-refractivity contribution in [3.05, 3.63) is 46.9 Å². The number of hydrogen-bond donors (Lipinski definition) is 0. The van der Waals surface area contributed by atoms with Crippen molar-refractivity contribution < 1.29 is 17.9 Å². The maximum absolute atomic E-state index is 12.7. The van der Waals surface area contributed by atoms with Crippen LogP contribution in [-0.4, -0.2) is 29.7 Å². The van der Waals surface area contributed by atoms with E-state index >= 15 is 0 Å². The van der Waals surface area contributed by atoms with Gasteiger partial charge in [0.15, 0.2) is 0 Å². The molecule has 2 aromatic carbocycles. The van der Waals surface area contributed by atoms with Crippen molar-refractivity contribution in [1.82, 2.24) is 0 Å². The van der Waals surface area contributed by atoms with Crippen LogP contribution in [0, 0.1) is 0 Å². The molecule has 0 aliphatic rings. The number of rotatable bonds is 5. The van der Waals surface area contributed by atoms with Crippen LogP contribution in [0.2, 0.25) is 0 Å². The second-order valence-corrected chi connectivity index (χ2v) is 7.35. The lowest BCUT2D eigenvalue weighted by Crippen LogP contribution is -2.27. The summed E-state index contributed by atoms with van der Waals surface area (Å²) in [6, 6.07) is 11.5. The third-order valence-corrected chi connectivity index (χ3v) is 5.51. The molecule has 0 spiro atoms. The highest BCUT2D eigenvalue weighted by atomic mass is 79.9. The van der Waals surface area contributed by atoms with E-state index in [1.54, 1.807) is 42.5 Å². The average Bonchev–Trinajstić information content (AvgIpc) is 2.53. The highest BCUT2D eigenvalue weighted by Gasteiger charge is 2.24. The van der Waals surface area contributed by atoms with Crippen LogP contribution in [0.1, 0.15) is 0 Å². The van der Waals surface area contributed by atoms with Gasteiger partial charge in [0, 0.05) is 17.6 Å². The van der Waals surface area contributed by atoms with E-state index in [1.807, 2.05) is 0 Å². The smallest absolute Gasteiger partial charge is 0.264 e. The summed E-state index contributed by atoms with van der Waals surface area (Å²) in [5, 5.41) is 0. The van der Waals surface area contributed by atoms with Crippen molar-refractivity contribution in [1.29, 1.82) is 0 Å². The number of ether oxygens (including phenoxy) is 2. The van der Waals surface area contributed by atoms with E-state index in [9.17, 15) is 8.42 Å². The van der Waals surface area contributed by atoms with E-state index in [0.717, 1.165) is 4.47 Å². The van der Waals surface area contributed by atoms with Crippen molar-refractivity contribution in [3.63, 3.8) is 0 Å². The van der Waals surface area contributed by atoms with Gasteiger partial charge in [0.2, 0.25) is 0 Å². The average molecular weight is 386 g/mol. The van der Waals surface area contributed by atoms with Crippen LogP contribution in [-0.2, 0) is 10.0 Å². The number of nitrogens with zero attached hydrogens (tertiary/aromatic N) is 1. The van der Waals surface area contributed by atoms with Crippen LogP contribution in [0.3, 0.4) is 0 Å². The molecule has 0 fully saturated rings. The van der Waals surface area contributed by atoms with Gasteiger partial charge in [0.05, 0.1) is 24.8 Å². The van der Waals surface area contributed by atoms with Crippen LogP contribution in [0.5, 0.6) is 11.5 Å². The number of benzene rings is 2. The molecule has 0 atom stereocenters. The Balaban J connectivity index is 2.50. The minimum absolute atomic E-state index is 0.197. The monoisotopic (exact) mass is 385 g/mol. The fourth-order valence-electron chi connectivity index (χ4n) is 1.94. The van der Waals surface area contributed by atoms with Crippen molar-refractivity contribution in [2.24, 2.45) is 0 Å². The minimum Gasteiger partial charge on any atom is -0.497 e. The Morgan fingerprint density at radius 3 is 2.18 bits per heavy atom. The van der Waals surface area contributed by atoms with Gasteiger partial charge in [0.1, 0.15) is 11.5 Å². The zero-order valence-electron chi connectivity index (χ0n) is 12.4. The molecule has 0 saturated carbocycles. The predicted molar refractivity (Wildman–Crippen MR) is 89.3 cm³/mol. The van der Waals surface area contributed by atoms with E-state index in [1.165, 1.54) is 25.6 Å². The number of anilines is 1. The lowest BCUT2D eigenvalue weighted by atomic mass is 10.3. The maximum atomic E-state index is 12.7. The second-order valence-electron chi connectivity index (χ2n) is 4.46. The Labute approximate surface area is 138 Å². The molecule has 2 rings (SSSR count). The summed E-state index contributed by atoms with van der Waals surface area (Å²) >= 11 is 3.29. The van der Waals surface area contributed by atoms with Crippen molar-refractivity contribution in [2.45, 2.75) is 4.90 Å². The molecular weight excluding hydrogens is 370 g/mol. The maximum Gasteiger partial charge on any atom is 0.264 e. The SMILES string of the molecule is COc1ccc(OC)c(N(C)S(=O)(=O)c2ccc(Br)cc2)c1. The van der Waals surface area contributed by atoms with Gasteiger partial charge in [-0.1, -0.05) is 15.9 Å². The van der Waals surface area contributed by atoms with Crippen molar-refractivity contribution in [3.8, 4) is 11.5 Å². The molecule has 118 valence electrons. The zero-order valence-corrected chi connectivity index (χ0v) is 14.8. The predicted octanol–water partition coefficient (Wildman–Crippen LogP) is 3.29. The lowest BCUT2D eigenvalue weighted by Gasteiger charge is -2.22. The second kappa shape index (κ2) is 6.58. The first-order chi connectivity index (χ1) is 10.4. The fourth-order valence-corrected chi connectivity index (χ4v) is 3.40. The van der Waals surface area contributed by atoms with Crippen LogP contribution < -0.4 is 13.8 Å². The summed E-state index contributed by atoms with van der Waals surface area (Å²) in [6.45, 7) is 0. The first kappa shape index (κ1) is 16.6. The number of hydrogen-bond acceptors (Lipinski definition) is 4. The van der Waals surface area contributed by atoms with Gasteiger partial charge >= 0.3 is 0 Å². The summed E-state index contributed by atoms with van der Waals surface area (Å²) in [4.78, 5) is 0.197. The summed E-state index contributed by atoms with van der Waals surface area (Å²) in [6.07, 6.45) is 0. The van der Waals surface area contributed by atoms with Gasteiger partial charge in [-0.05, 0) is 36.4 Å². The van der Waals surface area contributed by atoms with Crippen molar-refractivity contribution in [2.75, 3.05) is 25.6 Å². The molecule has 0 saturated heterocycles. The molecule has 0 aromatic heterocycles. The zero-order chi connectivity index (χ0) is 16.3. The van der Waals surface area contributed by atoms with Crippen LogP contribution in [0.15, 0.2) is 51.8 Å². The molecule has 5 nitrogen and oxygen atoms in total. The molecule has 7 heteroatoms. The molecule has 0 radical (unpaired) electrons. The Hall–Kier alpha value is -1.73. The quantitative estimate of drug-likeness (QED) is 0.792. The van der Waals surface area contributed by atoms with Gasteiger partial charge in [0.25, 0.3) is 10.0 Å². The molecule has 2 aromatic rings. The summed E-state index contributed by atoms with van der Waals surface area (Å²) in [7, 11) is 0.805. The summed E-state index contributed by atoms with van der Waals surface area (Å²) in [5.74, 6) is 0.998. The minimum atomic E-state index is -3.69. The third-order valence-electron chi connectivity index (χ3n) is 3.20. The van der Waals surface area contributed by atoms with Crippen LogP contribution >= 0.6 is 15.9 Å². The number of sulfonamides is 1. The summed E-state index contributed by atoms with van der Waals surface area (Å²) < 4.78 is 37.8. The normalized spacial score (nSPS) is 11.1. The Bertz CT molecular complexity index is 760. The van der Waals surface area contributed by atoms with E-state index in [0.29, 0.717) is 17.2 Å². The van der Waals surface area contributed by atoms with Crippen LogP contribution in [0.25, 0.3) is 0 Å². The number of methoxy groups -OCH3 is 2. The molecule has 0 aliphatic carbocycles. The Morgan fingerprint density at radius 1 is 1.00 bits per heavy atom. The highest BCUT2D eigenvalue weighted by molar-refractivity contribution is 9.10. The molecular formula is C15H16BrNO4S. The van der Waals surface area contributed by atoms with E-state index in [2.05, 4.69) is 15.9 Å².